The molecule has 0 aliphatic heterocycles. The maximum Gasteiger partial charge on any atom is 0.0584 e. The molecule has 0 saturated carbocycles. The molecule has 0 aliphatic rings. The van der Waals surface area contributed by atoms with Gasteiger partial charge in [0.2, 0.25) is 0 Å². The van der Waals surface area contributed by atoms with Gasteiger partial charge in [0.1, 0.15) is 0 Å². The lowest BCUT2D eigenvalue weighted by atomic mass is 10.2. The van der Waals surface area contributed by atoms with Crippen molar-refractivity contribution in [3.63, 3.8) is 0 Å². The highest BCUT2D eigenvalue weighted by molar-refractivity contribution is 5.14. The number of hydrogen-bond acceptors (Lipinski definition) is 2. The third-order valence-corrected chi connectivity index (χ3v) is 1.66. The van der Waals surface area contributed by atoms with E-state index in [-0.39, 0.29) is 12.6 Å². The Kier molecular flexibility index (Phi) is 3.77. The Hall–Kier alpha value is -0.860. The van der Waals surface area contributed by atoms with Crippen LogP contribution in [0.2, 0.25) is 0 Å². The van der Waals surface area contributed by atoms with E-state index in [0.29, 0.717) is 0 Å². The van der Waals surface area contributed by atoms with Crippen LogP contribution in [0.1, 0.15) is 5.56 Å². The van der Waals surface area contributed by atoms with E-state index in [1.807, 2.05) is 30.3 Å². The Morgan fingerprint density at radius 2 is 2.00 bits per heavy atom. The average Bonchev–Trinajstić information content (AvgIpc) is 2.16. The molecular formula is C10H14NO. The second kappa shape index (κ2) is 4.91. The lowest BCUT2D eigenvalue weighted by Crippen LogP contribution is -2.28. The molecule has 65 valence electrons. The largest absolute Gasteiger partial charge is 0.395 e. The molecule has 1 atom stereocenters. The van der Waals surface area contributed by atoms with Crippen LogP contribution in [0.25, 0.3) is 0 Å². The normalized spacial score (nSPS) is 12.8. The number of benzene rings is 1. The molecule has 0 heterocycles. The van der Waals surface area contributed by atoms with Crippen molar-refractivity contribution in [1.29, 1.82) is 0 Å². The third-order valence-electron chi connectivity index (χ3n) is 1.66. The molecule has 0 saturated heterocycles. The summed E-state index contributed by atoms with van der Waals surface area (Å²) in [6.45, 7) is 4.55. The van der Waals surface area contributed by atoms with Gasteiger partial charge in [-0.3, -0.25) is 0 Å². The molecule has 0 spiro atoms. The second-order valence-corrected chi connectivity index (χ2v) is 2.75. The number of aliphatic hydroxyl groups is 1. The summed E-state index contributed by atoms with van der Waals surface area (Å²) < 4.78 is 0. The highest BCUT2D eigenvalue weighted by atomic mass is 16.3. The molecule has 0 aliphatic carbocycles. The predicted octanol–water partition coefficient (Wildman–Crippen LogP) is 0.971. The first kappa shape index (κ1) is 9.23. The Labute approximate surface area is 73.2 Å². The fraction of sp³-hybridized carbons (Fsp3) is 0.300. The molecule has 2 nitrogen and oxygen atoms in total. The van der Waals surface area contributed by atoms with E-state index in [2.05, 4.69) is 12.2 Å². The van der Waals surface area contributed by atoms with E-state index in [1.54, 1.807) is 0 Å². The van der Waals surface area contributed by atoms with Gasteiger partial charge in [0.15, 0.2) is 0 Å². The van der Waals surface area contributed by atoms with Crippen molar-refractivity contribution in [2.24, 2.45) is 0 Å². The lowest BCUT2D eigenvalue weighted by molar-refractivity contribution is 0.262. The average molecular weight is 164 g/mol. The van der Waals surface area contributed by atoms with Crippen molar-refractivity contribution in [2.75, 3.05) is 6.61 Å². The van der Waals surface area contributed by atoms with Gasteiger partial charge in [-0.25, -0.2) is 0 Å². The summed E-state index contributed by atoms with van der Waals surface area (Å²) >= 11 is 0. The SMILES string of the molecule is [CH2][C@H](CO)NCc1ccccc1. The number of rotatable bonds is 4. The molecule has 1 radical (unpaired) electrons. The molecule has 0 fully saturated rings. The highest BCUT2D eigenvalue weighted by Gasteiger charge is 1.97. The van der Waals surface area contributed by atoms with Crippen molar-refractivity contribution in [3.8, 4) is 0 Å². The van der Waals surface area contributed by atoms with Crippen LogP contribution in [-0.2, 0) is 6.54 Å². The van der Waals surface area contributed by atoms with Crippen LogP contribution in [0.3, 0.4) is 0 Å². The van der Waals surface area contributed by atoms with E-state index in [4.69, 9.17) is 5.11 Å². The van der Waals surface area contributed by atoms with Crippen LogP contribution in [0.4, 0.5) is 0 Å². The van der Waals surface area contributed by atoms with Gasteiger partial charge >= 0.3 is 0 Å². The maximum atomic E-state index is 8.69. The summed E-state index contributed by atoms with van der Waals surface area (Å²) in [6, 6.07) is 9.97. The molecule has 0 aromatic heterocycles. The Morgan fingerprint density at radius 1 is 1.33 bits per heavy atom. The molecule has 1 aromatic rings. The van der Waals surface area contributed by atoms with Gasteiger partial charge in [-0.1, -0.05) is 30.3 Å². The van der Waals surface area contributed by atoms with E-state index in [0.717, 1.165) is 6.54 Å². The van der Waals surface area contributed by atoms with Crippen LogP contribution in [-0.4, -0.2) is 17.8 Å². The molecule has 12 heavy (non-hydrogen) atoms. The van der Waals surface area contributed by atoms with Gasteiger partial charge in [0, 0.05) is 12.6 Å². The summed E-state index contributed by atoms with van der Waals surface area (Å²) in [5.41, 5.74) is 1.21. The zero-order valence-corrected chi connectivity index (χ0v) is 7.03. The van der Waals surface area contributed by atoms with Crippen molar-refractivity contribution in [2.45, 2.75) is 12.6 Å². The standard InChI is InChI=1S/C10H14NO/c1-9(8-12)11-7-10-5-3-2-4-6-10/h2-6,9,11-12H,1,7-8H2/t9-/m1/s1. The van der Waals surface area contributed by atoms with Gasteiger partial charge < -0.3 is 10.4 Å². The third kappa shape index (κ3) is 3.03. The van der Waals surface area contributed by atoms with Crippen LogP contribution >= 0.6 is 0 Å². The summed E-state index contributed by atoms with van der Waals surface area (Å²) in [5.74, 6) is 0. The van der Waals surface area contributed by atoms with Gasteiger partial charge in [0.05, 0.1) is 6.61 Å². The van der Waals surface area contributed by atoms with Crippen LogP contribution in [0, 0.1) is 6.92 Å². The predicted molar refractivity (Wildman–Crippen MR) is 49.5 cm³/mol. The van der Waals surface area contributed by atoms with Gasteiger partial charge in [-0.05, 0) is 12.5 Å². The second-order valence-electron chi connectivity index (χ2n) is 2.75. The zero-order chi connectivity index (χ0) is 8.81. The first-order valence-corrected chi connectivity index (χ1v) is 4.04. The van der Waals surface area contributed by atoms with E-state index < -0.39 is 0 Å². The highest BCUT2D eigenvalue weighted by Crippen LogP contribution is 1.97. The molecule has 2 N–H and O–H groups in total. The van der Waals surface area contributed by atoms with Gasteiger partial charge in [-0.2, -0.15) is 0 Å². The summed E-state index contributed by atoms with van der Waals surface area (Å²) in [4.78, 5) is 0. The zero-order valence-electron chi connectivity index (χ0n) is 7.03. The monoisotopic (exact) mass is 164 g/mol. The van der Waals surface area contributed by atoms with E-state index in [1.165, 1.54) is 5.56 Å². The van der Waals surface area contributed by atoms with E-state index in [9.17, 15) is 0 Å². The fourth-order valence-corrected chi connectivity index (χ4v) is 0.923. The molecular weight excluding hydrogens is 150 g/mol. The van der Waals surface area contributed by atoms with Crippen molar-refractivity contribution < 1.29 is 5.11 Å². The molecule has 1 aromatic carbocycles. The Balaban J connectivity index is 2.33. The first-order valence-electron chi connectivity index (χ1n) is 4.04. The molecule has 0 bridgehead atoms. The molecule has 1 rings (SSSR count). The van der Waals surface area contributed by atoms with Crippen molar-refractivity contribution in [3.05, 3.63) is 42.8 Å². The maximum absolute atomic E-state index is 8.69. The number of aliphatic hydroxyl groups excluding tert-OH is 1. The summed E-state index contributed by atoms with van der Waals surface area (Å²) in [7, 11) is 0. The number of hydrogen-bond donors (Lipinski definition) is 2. The van der Waals surface area contributed by atoms with Gasteiger partial charge in [0.25, 0.3) is 0 Å². The first-order chi connectivity index (χ1) is 5.83. The topological polar surface area (TPSA) is 32.3 Å². The van der Waals surface area contributed by atoms with Gasteiger partial charge in [-0.15, -0.1) is 0 Å². The minimum atomic E-state index is -0.0785. The molecule has 0 amide bonds. The smallest absolute Gasteiger partial charge is 0.0584 e. The summed E-state index contributed by atoms with van der Waals surface area (Å²) in [6.07, 6.45) is 0. The Bertz CT molecular complexity index is 210. The quantitative estimate of drug-likeness (QED) is 0.695. The van der Waals surface area contributed by atoms with Crippen LogP contribution in [0.15, 0.2) is 30.3 Å². The number of nitrogens with one attached hydrogen (secondary N) is 1. The lowest BCUT2D eigenvalue weighted by Gasteiger charge is -2.09. The van der Waals surface area contributed by atoms with E-state index >= 15 is 0 Å². The fourth-order valence-electron chi connectivity index (χ4n) is 0.923. The minimum Gasteiger partial charge on any atom is -0.395 e. The molecule has 0 unspecified atom stereocenters. The molecule has 2 heteroatoms. The minimum absolute atomic E-state index is 0.0762. The van der Waals surface area contributed by atoms with Crippen LogP contribution in [0.5, 0.6) is 0 Å². The van der Waals surface area contributed by atoms with Crippen LogP contribution < -0.4 is 5.32 Å². The Morgan fingerprint density at radius 3 is 2.58 bits per heavy atom. The van der Waals surface area contributed by atoms with Crippen molar-refractivity contribution in [1.82, 2.24) is 5.32 Å². The van der Waals surface area contributed by atoms with Crippen molar-refractivity contribution >= 4 is 0 Å². The summed E-state index contributed by atoms with van der Waals surface area (Å²) in [5, 5.41) is 11.8.